The maximum atomic E-state index is 11.3. The van der Waals surface area contributed by atoms with E-state index in [1.807, 2.05) is 0 Å². The summed E-state index contributed by atoms with van der Waals surface area (Å²) in [6.45, 7) is 5.14. The van der Waals surface area contributed by atoms with E-state index in [0.29, 0.717) is 35.7 Å². The summed E-state index contributed by atoms with van der Waals surface area (Å²) in [5, 5.41) is 9.82. The summed E-state index contributed by atoms with van der Waals surface area (Å²) in [4.78, 5) is 11.3. The van der Waals surface area contributed by atoms with Crippen molar-refractivity contribution in [1.82, 2.24) is 0 Å². The zero-order chi connectivity index (χ0) is 17.1. The van der Waals surface area contributed by atoms with E-state index >= 15 is 0 Å². The van der Waals surface area contributed by atoms with Crippen LogP contribution in [-0.4, -0.2) is 18.0 Å². The SMILES string of the molecule is C[C@]12CC[C@H]3[C@@H](C=CC4=C(N)C(C=O)CC[C@@]43C)[C@@H]1CC[C@@H]2CO. The molecule has 132 valence electrons. The monoisotopic (exact) mass is 329 g/mol. The van der Waals surface area contributed by atoms with Gasteiger partial charge in [0.2, 0.25) is 0 Å². The third-order valence-corrected chi connectivity index (χ3v) is 8.52. The maximum Gasteiger partial charge on any atom is 0.128 e. The predicted octanol–water partition coefficient (Wildman–Crippen LogP) is 3.44. The molecule has 0 amide bonds. The Morgan fingerprint density at radius 1 is 1.21 bits per heavy atom. The van der Waals surface area contributed by atoms with Crippen molar-refractivity contribution in [2.24, 2.45) is 46.2 Å². The first kappa shape index (κ1) is 16.4. The van der Waals surface area contributed by atoms with Gasteiger partial charge >= 0.3 is 0 Å². The predicted molar refractivity (Wildman–Crippen MR) is 94.9 cm³/mol. The first-order chi connectivity index (χ1) is 11.5. The number of fused-ring (bicyclic) bond motifs is 5. The molecule has 0 aromatic carbocycles. The normalized spacial score (nSPS) is 50.2. The Hall–Kier alpha value is -1.09. The molecule has 3 heteroatoms. The number of carbonyl (C=O) groups is 1. The van der Waals surface area contributed by atoms with E-state index in [4.69, 9.17) is 5.73 Å². The molecule has 0 aliphatic heterocycles. The molecule has 0 spiro atoms. The molecule has 2 fully saturated rings. The molecule has 4 rings (SSSR count). The van der Waals surface area contributed by atoms with Crippen LogP contribution in [0.1, 0.15) is 52.4 Å². The van der Waals surface area contributed by atoms with Crippen LogP contribution in [-0.2, 0) is 4.79 Å². The zero-order valence-electron chi connectivity index (χ0n) is 15.0. The van der Waals surface area contributed by atoms with Crippen LogP contribution >= 0.6 is 0 Å². The molecule has 4 aliphatic carbocycles. The van der Waals surface area contributed by atoms with Gasteiger partial charge in [-0.2, -0.15) is 0 Å². The Bertz CT molecular complexity index is 609. The molecule has 0 heterocycles. The van der Waals surface area contributed by atoms with Gasteiger partial charge in [-0.15, -0.1) is 0 Å². The molecule has 24 heavy (non-hydrogen) atoms. The van der Waals surface area contributed by atoms with Crippen molar-refractivity contribution in [2.45, 2.75) is 52.4 Å². The van der Waals surface area contributed by atoms with E-state index < -0.39 is 0 Å². The summed E-state index contributed by atoms with van der Waals surface area (Å²) in [6, 6.07) is 0. The molecule has 4 aliphatic rings. The molecule has 0 radical (unpaired) electrons. The van der Waals surface area contributed by atoms with Crippen molar-refractivity contribution in [3.63, 3.8) is 0 Å². The number of hydrogen-bond donors (Lipinski definition) is 2. The molecule has 0 aromatic rings. The zero-order valence-corrected chi connectivity index (χ0v) is 15.0. The van der Waals surface area contributed by atoms with Gasteiger partial charge < -0.3 is 15.6 Å². The van der Waals surface area contributed by atoms with Gasteiger partial charge in [0.25, 0.3) is 0 Å². The summed E-state index contributed by atoms with van der Waals surface area (Å²) in [5.41, 5.74) is 8.88. The van der Waals surface area contributed by atoms with Crippen LogP contribution in [0.25, 0.3) is 0 Å². The molecule has 7 atom stereocenters. The van der Waals surface area contributed by atoms with Crippen molar-refractivity contribution < 1.29 is 9.90 Å². The van der Waals surface area contributed by atoms with Crippen LogP contribution in [0.15, 0.2) is 23.4 Å². The molecule has 0 aromatic heterocycles. The van der Waals surface area contributed by atoms with Crippen LogP contribution in [0.3, 0.4) is 0 Å². The van der Waals surface area contributed by atoms with Crippen LogP contribution < -0.4 is 5.73 Å². The number of hydrogen-bond acceptors (Lipinski definition) is 3. The van der Waals surface area contributed by atoms with Gasteiger partial charge in [-0.1, -0.05) is 26.0 Å². The third-order valence-electron chi connectivity index (χ3n) is 8.52. The molecule has 0 bridgehead atoms. The Kier molecular flexibility index (Phi) is 3.72. The summed E-state index contributed by atoms with van der Waals surface area (Å²) in [5.74, 6) is 2.31. The van der Waals surface area contributed by atoms with Crippen molar-refractivity contribution in [1.29, 1.82) is 0 Å². The summed E-state index contributed by atoms with van der Waals surface area (Å²) in [7, 11) is 0. The van der Waals surface area contributed by atoms with Gasteiger partial charge in [0.05, 0.1) is 5.92 Å². The number of rotatable bonds is 2. The maximum absolute atomic E-state index is 11.3. The van der Waals surface area contributed by atoms with Crippen molar-refractivity contribution in [2.75, 3.05) is 6.61 Å². The fourth-order valence-electron chi connectivity index (χ4n) is 6.91. The topological polar surface area (TPSA) is 63.3 Å². The van der Waals surface area contributed by atoms with Crippen LogP contribution in [0.2, 0.25) is 0 Å². The fourth-order valence-corrected chi connectivity index (χ4v) is 6.91. The Balaban J connectivity index is 1.74. The highest BCUT2D eigenvalue weighted by Crippen LogP contribution is 2.65. The lowest BCUT2D eigenvalue weighted by molar-refractivity contribution is -0.111. The van der Waals surface area contributed by atoms with Gasteiger partial charge in [-0.25, -0.2) is 0 Å². The highest BCUT2D eigenvalue weighted by Gasteiger charge is 2.58. The van der Waals surface area contributed by atoms with Crippen LogP contribution in [0.5, 0.6) is 0 Å². The summed E-state index contributed by atoms with van der Waals surface area (Å²) < 4.78 is 0. The van der Waals surface area contributed by atoms with E-state index in [2.05, 4.69) is 26.0 Å². The van der Waals surface area contributed by atoms with Crippen molar-refractivity contribution in [3.05, 3.63) is 23.4 Å². The van der Waals surface area contributed by atoms with Crippen molar-refractivity contribution in [3.8, 4) is 0 Å². The molecule has 0 saturated heterocycles. The third kappa shape index (κ3) is 1.97. The van der Waals surface area contributed by atoms with Crippen LogP contribution in [0, 0.1) is 40.4 Å². The number of aliphatic hydroxyl groups excluding tert-OH is 1. The van der Waals surface area contributed by atoms with E-state index in [0.717, 1.165) is 24.8 Å². The first-order valence-corrected chi connectivity index (χ1v) is 9.70. The standard InChI is InChI=1S/C21H31NO2/c1-20-10-8-17-15(16(20)5-3-14(20)12-24)4-6-18-19(22)13(11-23)7-9-21(17,18)2/h4,6,11,13-17,24H,3,5,7-10,12,22H2,1-2H3/t13?,14-,15+,16+,17+,20-,21-/m1/s1. The second-order valence-electron chi connectivity index (χ2n) is 9.22. The lowest BCUT2D eigenvalue weighted by atomic mass is 9.48. The number of aldehydes is 1. The first-order valence-electron chi connectivity index (χ1n) is 9.70. The average Bonchev–Trinajstić information content (AvgIpc) is 2.91. The molecule has 1 unspecified atom stereocenters. The minimum atomic E-state index is -0.0895. The second-order valence-corrected chi connectivity index (χ2v) is 9.22. The second kappa shape index (κ2) is 5.45. The molecule has 3 nitrogen and oxygen atoms in total. The number of carbonyl (C=O) groups excluding carboxylic acids is 1. The lowest BCUT2D eigenvalue weighted by Gasteiger charge is -2.56. The van der Waals surface area contributed by atoms with Gasteiger partial charge in [0.15, 0.2) is 0 Å². The highest BCUT2D eigenvalue weighted by molar-refractivity contribution is 5.61. The lowest BCUT2D eigenvalue weighted by Crippen LogP contribution is -2.50. The summed E-state index contributed by atoms with van der Waals surface area (Å²) in [6.07, 6.45) is 12.5. The fraction of sp³-hybridized carbons (Fsp3) is 0.762. The van der Waals surface area contributed by atoms with E-state index in [1.54, 1.807) is 0 Å². The average molecular weight is 329 g/mol. The Morgan fingerprint density at radius 3 is 2.71 bits per heavy atom. The minimum absolute atomic E-state index is 0.0895. The largest absolute Gasteiger partial charge is 0.401 e. The Labute approximate surface area is 145 Å². The number of nitrogens with two attached hydrogens (primary N) is 1. The molecular formula is C21H31NO2. The minimum Gasteiger partial charge on any atom is -0.401 e. The van der Waals surface area contributed by atoms with Gasteiger partial charge in [-0.3, -0.25) is 0 Å². The van der Waals surface area contributed by atoms with Gasteiger partial charge in [-0.05, 0) is 78.6 Å². The van der Waals surface area contributed by atoms with Gasteiger partial charge in [0.1, 0.15) is 6.29 Å². The summed E-state index contributed by atoms with van der Waals surface area (Å²) >= 11 is 0. The van der Waals surface area contributed by atoms with E-state index in [-0.39, 0.29) is 11.3 Å². The van der Waals surface area contributed by atoms with Gasteiger partial charge in [0, 0.05) is 12.3 Å². The van der Waals surface area contributed by atoms with E-state index in [1.165, 1.54) is 31.3 Å². The number of aliphatic hydroxyl groups is 1. The van der Waals surface area contributed by atoms with E-state index in [9.17, 15) is 9.90 Å². The smallest absolute Gasteiger partial charge is 0.128 e. The van der Waals surface area contributed by atoms with Crippen molar-refractivity contribution >= 4 is 6.29 Å². The molecule has 3 N–H and O–H groups in total. The number of allylic oxidation sites excluding steroid dienone is 4. The highest BCUT2D eigenvalue weighted by atomic mass is 16.3. The Morgan fingerprint density at radius 2 is 2.00 bits per heavy atom. The molecular weight excluding hydrogens is 298 g/mol. The quantitative estimate of drug-likeness (QED) is 0.763. The van der Waals surface area contributed by atoms with Crippen LogP contribution in [0.4, 0.5) is 0 Å². The molecule has 2 saturated carbocycles.